The molecule has 10 aromatic rings. The van der Waals surface area contributed by atoms with E-state index in [1.54, 1.807) is 42.0 Å². The summed E-state index contributed by atoms with van der Waals surface area (Å²) in [5, 5.41) is 9.12. The van der Waals surface area contributed by atoms with Crippen molar-refractivity contribution < 1.29 is 125 Å². The fourth-order valence-electron chi connectivity index (χ4n) is 14.0. The topological polar surface area (TPSA) is 355 Å². The smallest absolute Gasteiger partial charge is 0.345 e. The van der Waals surface area contributed by atoms with Gasteiger partial charge in [0, 0.05) is 98.4 Å². The molecule has 0 unspecified atom stereocenters. The van der Waals surface area contributed by atoms with Gasteiger partial charge in [0.1, 0.15) is 62.9 Å². The summed E-state index contributed by atoms with van der Waals surface area (Å²) in [6, 6.07) is 9.65. The van der Waals surface area contributed by atoms with Crippen LogP contribution in [0.3, 0.4) is 0 Å². The number of carbonyl (C=O) groups is 5. The van der Waals surface area contributed by atoms with Gasteiger partial charge >= 0.3 is 30.9 Å². The summed E-state index contributed by atoms with van der Waals surface area (Å²) in [4.78, 5) is 125. The lowest BCUT2D eigenvalue weighted by Gasteiger charge is -2.25. The first-order chi connectivity index (χ1) is 62.9. The van der Waals surface area contributed by atoms with E-state index in [0.717, 1.165) is 43.1 Å². The first-order valence-corrected chi connectivity index (χ1v) is 39.8. The average Bonchev–Trinajstić information content (AvgIpc) is 1.77. The van der Waals surface area contributed by atoms with Gasteiger partial charge in [-0.15, -0.1) is 0 Å². The number of carbonyl (C=O) groups excluding carboxylic acids is 5. The molecule has 0 aromatic carbocycles. The van der Waals surface area contributed by atoms with Crippen molar-refractivity contribution in [2.45, 2.75) is 125 Å². The lowest BCUT2D eigenvalue weighted by atomic mass is 10.2. The predicted molar refractivity (Wildman–Crippen MR) is 423 cm³/mol. The van der Waals surface area contributed by atoms with Crippen LogP contribution in [0.2, 0.25) is 0 Å². The molecule has 0 aliphatic carbocycles. The SMILES string of the molecule is O=C(NCC(F)(F)F)[C@@H]1CCCN1c1nc(-c2ccc(F)nc2)ncc1F.O=C(NCC(F)(F)F)[C@@H]1CCCN1c1nc(-c2cccnc2)ncc1F.O=C(NCC(F)(F)F)[C@@H]1CCCN1c1nc(-c2cccnc2F)ncc1F.O=C(NCC(F)(F)F)[C@H]1CCCN1c1nc(-c2ccc(F)nc2)ncc1F.O=C(NCC(F)(F)F)[C@H]1CCCN1c1nc(-c2cccnc2)ncc1F. The molecule has 0 bridgehead atoms. The van der Waals surface area contributed by atoms with Crippen molar-refractivity contribution in [1.29, 1.82) is 0 Å². The molecule has 5 N–H and O–H groups in total. The number of amides is 5. The Morgan fingerprint density at radius 2 is 0.526 bits per heavy atom. The molecule has 15 heterocycles. The molecular formula is C80H72F23N25O5. The quantitative estimate of drug-likeness (QED) is 0.0349. The first-order valence-electron chi connectivity index (χ1n) is 39.8. The number of nitrogens with one attached hydrogen (secondary N) is 5. The zero-order valence-corrected chi connectivity index (χ0v) is 68.4. The predicted octanol–water partition coefficient (Wildman–Crippen LogP) is 12.0. The van der Waals surface area contributed by atoms with Gasteiger partial charge in [-0.2, -0.15) is 79.0 Å². The number of rotatable bonds is 20. The summed E-state index contributed by atoms with van der Waals surface area (Å²) >= 11 is 0. The minimum Gasteiger partial charge on any atom is -0.345 e. The van der Waals surface area contributed by atoms with Crippen molar-refractivity contribution in [2.24, 2.45) is 0 Å². The molecule has 5 fully saturated rings. The molecular weight excluding hydrogens is 1830 g/mol. The third kappa shape index (κ3) is 28.0. The van der Waals surface area contributed by atoms with E-state index in [9.17, 15) is 125 Å². The van der Waals surface area contributed by atoms with E-state index < -0.39 is 170 Å². The van der Waals surface area contributed by atoms with Crippen LogP contribution in [-0.4, -0.2) is 231 Å². The van der Waals surface area contributed by atoms with Gasteiger partial charge < -0.3 is 51.1 Å². The summed E-state index contributed by atoms with van der Waals surface area (Å²) in [6.45, 7) is -5.93. The highest BCUT2D eigenvalue weighted by atomic mass is 19.4. The summed E-state index contributed by atoms with van der Waals surface area (Å²) in [6.07, 6.45) is -4.45. The zero-order chi connectivity index (χ0) is 96.3. The van der Waals surface area contributed by atoms with Crippen molar-refractivity contribution in [3.8, 4) is 56.9 Å². The zero-order valence-electron chi connectivity index (χ0n) is 68.4. The van der Waals surface area contributed by atoms with Crippen molar-refractivity contribution in [2.75, 3.05) is 89.9 Å². The molecule has 5 atom stereocenters. The second-order valence-electron chi connectivity index (χ2n) is 29.3. The highest BCUT2D eigenvalue weighted by Gasteiger charge is 2.43. The molecule has 5 aliphatic rings. The van der Waals surface area contributed by atoms with Gasteiger partial charge in [-0.3, -0.25) is 33.9 Å². The van der Waals surface area contributed by atoms with Crippen LogP contribution in [-0.2, 0) is 24.0 Å². The van der Waals surface area contributed by atoms with Crippen LogP contribution in [0.15, 0.2) is 135 Å². The first kappa shape index (κ1) is 99.5. The number of nitrogens with zero attached hydrogens (tertiary/aromatic N) is 20. The number of alkyl halides is 15. The Labute approximate surface area is 736 Å². The van der Waals surface area contributed by atoms with Crippen LogP contribution < -0.4 is 51.1 Å². The van der Waals surface area contributed by atoms with E-state index in [0.29, 0.717) is 80.3 Å². The Balaban J connectivity index is 0.000000160. The summed E-state index contributed by atoms with van der Waals surface area (Å²) in [5.41, 5.74) is 1.72. The Morgan fingerprint density at radius 3 is 0.752 bits per heavy atom. The van der Waals surface area contributed by atoms with Gasteiger partial charge in [0.25, 0.3) is 0 Å². The molecule has 708 valence electrons. The number of anilines is 5. The maximum atomic E-state index is 14.3. The maximum Gasteiger partial charge on any atom is 0.405 e. The molecule has 0 radical (unpaired) electrons. The van der Waals surface area contributed by atoms with Crippen molar-refractivity contribution in [3.05, 3.63) is 182 Å². The summed E-state index contributed by atoms with van der Waals surface area (Å²) in [5.74, 6) is -10.9. The fourth-order valence-corrected chi connectivity index (χ4v) is 14.0. The maximum absolute atomic E-state index is 14.3. The minimum atomic E-state index is -4.55. The Kier molecular flexibility index (Phi) is 32.7. The van der Waals surface area contributed by atoms with Crippen LogP contribution in [0.25, 0.3) is 56.9 Å². The summed E-state index contributed by atoms with van der Waals surface area (Å²) < 4.78 is 296. The molecule has 5 aliphatic heterocycles. The second-order valence-corrected chi connectivity index (χ2v) is 29.3. The summed E-state index contributed by atoms with van der Waals surface area (Å²) in [7, 11) is 0. The Morgan fingerprint density at radius 1 is 0.286 bits per heavy atom. The standard InChI is InChI=1S/3C16H14F5N5O.2C16H15F4N5O/c17-10-7-23-13(9-3-1-5-22-12(9)18)25-14(10)26-6-2-4-11(26)15(27)24-8-16(19,20)21;2*17-10-7-23-13(9-3-4-12(18)22-6-9)25-14(10)26-5-1-2-11(26)15(27)24-8-16(19,20)21;2*17-11-8-22-13(10-3-1-5-21-7-10)24-14(11)25-6-2-4-12(25)15(26)23-9-16(18,19)20/h1,3,5,7,11H,2,4,6,8H2,(H,24,27);2*3-4,6-7,11H,1-2,5,8H2,(H,24,27);2*1,3,5,7-8,12H,2,4,6,9H2,(H,23,26)/t3*11-;2*12-/m01010/s1. The van der Waals surface area contributed by atoms with E-state index in [1.165, 1.54) is 79.7 Å². The van der Waals surface area contributed by atoms with Gasteiger partial charge in [0.05, 0.1) is 36.5 Å². The van der Waals surface area contributed by atoms with Crippen molar-refractivity contribution in [3.63, 3.8) is 0 Å². The van der Waals surface area contributed by atoms with Gasteiger partial charge in [-0.1, -0.05) is 0 Å². The lowest BCUT2D eigenvalue weighted by Crippen LogP contribution is -2.46. The number of halogens is 23. The van der Waals surface area contributed by atoms with E-state index in [4.69, 9.17) is 0 Å². The second kappa shape index (κ2) is 43.7. The third-order valence-electron chi connectivity index (χ3n) is 19.9. The average molecular weight is 1900 g/mol. The molecule has 10 aromatic heterocycles. The van der Waals surface area contributed by atoms with E-state index in [1.807, 2.05) is 21.3 Å². The Bertz CT molecular complexity index is 5380. The molecule has 15 rings (SSSR count). The van der Waals surface area contributed by atoms with Crippen molar-refractivity contribution >= 4 is 58.6 Å². The molecule has 0 saturated carbocycles. The van der Waals surface area contributed by atoms with Crippen LogP contribution >= 0.6 is 0 Å². The highest BCUT2D eigenvalue weighted by Crippen LogP contribution is 2.36. The molecule has 5 amide bonds. The van der Waals surface area contributed by atoms with Gasteiger partial charge in [-0.05, 0) is 125 Å². The molecule has 0 spiro atoms. The molecule has 53 heteroatoms. The number of hydrogen-bond acceptors (Lipinski definition) is 25. The van der Waals surface area contributed by atoms with Gasteiger partial charge in [0.2, 0.25) is 47.4 Å². The van der Waals surface area contributed by atoms with E-state index >= 15 is 0 Å². The number of hydrogen-bond donors (Lipinski definition) is 5. The lowest BCUT2D eigenvalue weighted by molar-refractivity contribution is -0.139. The van der Waals surface area contributed by atoms with Crippen molar-refractivity contribution in [1.82, 2.24) is 101 Å². The molecule has 30 nitrogen and oxygen atoms in total. The number of aromatic nitrogens is 15. The molecule has 5 saturated heterocycles. The largest absolute Gasteiger partial charge is 0.405 e. The highest BCUT2D eigenvalue weighted by molar-refractivity contribution is 5.89. The Hall–Kier alpha value is -14.1. The number of pyridine rings is 5. The fraction of sp³-hybridized carbons (Fsp3) is 0.375. The monoisotopic (exact) mass is 1900 g/mol. The van der Waals surface area contributed by atoms with Crippen LogP contribution in [0.1, 0.15) is 64.2 Å². The van der Waals surface area contributed by atoms with E-state index in [2.05, 4.69) is 74.8 Å². The van der Waals surface area contributed by atoms with Crippen LogP contribution in [0.4, 0.5) is 130 Å². The van der Waals surface area contributed by atoms with Gasteiger partial charge in [-0.25, -0.2) is 86.7 Å². The van der Waals surface area contributed by atoms with E-state index in [-0.39, 0.29) is 103 Å². The van der Waals surface area contributed by atoms with Crippen LogP contribution in [0.5, 0.6) is 0 Å². The minimum absolute atomic E-state index is 0.0558. The van der Waals surface area contributed by atoms with Gasteiger partial charge in [0.15, 0.2) is 87.3 Å². The normalized spacial score (nSPS) is 17.3. The third-order valence-corrected chi connectivity index (χ3v) is 19.9. The molecule has 133 heavy (non-hydrogen) atoms. The van der Waals surface area contributed by atoms with Crippen LogP contribution in [0, 0.1) is 46.9 Å².